The Morgan fingerprint density at radius 2 is 1.89 bits per heavy atom. The molecule has 1 atom stereocenters. The van der Waals surface area contributed by atoms with Crippen molar-refractivity contribution in [2.24, 2.45) is 5.84 Å². The molecule has 3 nitrogen and oxygen atoms in total. The number of hydrazine groups is 1. The third-order valence-electron chi connectivity index (χ3n) is 2.84. The zero-order valence-corrected chi connectivity index (χ0v) is 9.55. The van der Waals surface area contributed by atoms with Crippen molar-refractivity contribution >= 4 is 0 Å². The third-order valence-corrected chi connectivity index (χ3v) is 2.84. The van der Waals surface area contributed by atoms with E-state index in [0.717, 1.165) is 24.1 Å². The van der Waals surface area contributed by atoms with Crippen LogP contribution in [-0.4, -0.2) is 6.61 Å². The molecule has 0 aromatic heterocycles. The highest BCUT2D eigenvalue weighted by Gasteiger charge is 2.21. The second kappa shape index (κ2) is 5.41. The summed E-state index contributed by atoms with van der Waals surface area (Å²) in [5.41, 5.74) is 3.46. The lowest BCUT2D eigenvalue weighted by molar-refractivity contribution is 0.219. The maximum Gasteiger partial charge on any atom is 0.194 e. The first-order valence-electron chi connectivity index (χ1n) is 5.54. The summed E-state index contributed by atoms with van der Waals surface area (Å²) in [7, 11) is 0. The summed E-state index contributed by atoms with van der Waals surface area (Å²) < 4.78 is 44.4. The normalized spacial score (nSPS) is 17.0. The number of hydrogen-bond acceptors (Lipinski definition) is 3. The molecular weight excluding hydrogens is 245 g/mol. The lowest BCUT2D eigenvalue weighted by Gasteiger charge is -2.23. The number of nitrogens with two attached hydrogens (primary N) is 1. The number of rotatable bonds is 3. The molecule has 0 saturated heterocycles. The summed E-state index contributed by atoms with van der Waals surface area (Å²) in [5.74, 6) is 1.44. The minimum absolute atomic E-state index is 0.227. The van der Waals surface area contributed by atoms with Crippen LogP contribution in [0.25, 0.3) is 0 Å². The minimum atomic E-state index is -1.48. The summed E-state index contributed by atoms with van der Waals surface area (Å²) in [6.45, 7) is 0.604. The van der Waals surface area contributed by atoms with Gasteiger partial charge in [-0.25, -0.2) is 18.6 Å². The molecule has 0 amide bonds. The Morgan fingerprint density at radius 3 is 2.39 bits per heavy atom. The summed E-state index contributed by atoms with van der Waals surface area (Å²) >= 11 is 0. The van der Waals surface area contributed by atoms with E-state index >= 15 is 0 Å². The number of hydrogen-bond donors (Lipinski definition) is 2. The Bertz CT molecular complexity index is 453. The van der Waals surface area contributed by atoms with Crippen LogP contribution in [0.4, 0.5) is 13.2 Å². The van der Waals surface area contributed by atoms with Crippen LogP contribution in [0.1, 0.15) is 24.4 Å². The molecule has 0 bridgehead atoms. The molecule has 3 N–H and O–H groups in total. The van der Waals surface area contributed by atoms with Crippen molar-refractivity contribution in [3.8, 4) is 0 Å². The first kappa shape index (κ1) is 12.9. The first-order chi connectivity index (χ1) is 8.63. The molecule has 2 rings (SSSR count). The molecule has 0 spiro atoms. The molecule has 0 fully saturated rings. The molecule has 1 aromatic carbocycles. The molecule has 1 heterocycles. The summed E-state index contributed by atoms with van der Waals surface area (Å²) in [6, 6.07) is 1.27. The van der Waals surface area contributed by atoms with E-state index in [9.17, 15) is 13.2 Å². The number of ether oxygens (including phenoxy) is 1. The van der Waals surface area contributed by atoms with E-state index in [2.05, 4.69) is 5.43 Å². The van der Waals surface area contributed by atoms with Crippen LogP contribution in [-0.2, 0) is 4.74 Å². The quantitative estimate of drug-likeness (QED) is 0.497. The average Bonchev–Trinajstić information content (AvgIpc) is 2.38. The van der Waals surface area contributed by atoms with Crippen LogP contribution in [0.15, 0.2) is 24.0 Å². The van der Waals surface area contributed by atoms with Crippen molar-refractivity contribution in [2.45, 2.75) is 18.9 Å². The molecule has 0 saturated carbocycles. The van der Waals surface area contributed by atoms with Crippen LogP contribution >= 0.6 is 0 Å². The molecule has 18 heavy (non-hydrogen) atoms. The van der Waals surface area contributed by atoms with E-state index in [4.69, 9.17) is 10.6 Å². The maximum atomic E-state index is 13.2. The van der Waals surface area contributed by atoms with Crippen molar-refractivity contribution < 1.29 is 17.9 Å². The minimum Gasteiger partial charge on any atom is -0.501 e. The Hall–Kier alpha value is -1.53. The van der Waals surface area contributed by atoms with Crippen molar-refractivity contribution in [1.29, 1.82) is 0 Å². The molecule has 1 aromatic rings. The number of halogens is 3. The van der Waals surface area contributed by atoms with E-state index in [1.165, 1.54) is 6.26 Å². The van der Waals surface area contributed by atoms with E-state index in [1.807, 2.05) is 0 Å². The van der Waals surface area contributed by atoms with E-state index in [1.54, 1.807) is 0 Å². The zero-order valence-electron chi connectivity index (χ0n) is 9.55. The van der Waals surface area contributed by atoms with Gasteiger partial charge in [-0.05, 0) is 36.1 Å². The lowest BCUT2D eigenvalue weighted by atomic mass is 9.95. The predicted octanol–water partition coefficient (Wildman–Crippen LogP) is 2.30. The SMILES string of the molecule is NNC(C1=COCCC1)c1cc(F)c(F)c(F)c1. The van der Waals surface area contributed by atoms with Crippen molar-refractivity contribution in [3.63, 3.8) is 0 Å². The molecule has 0 aliphatic carbocycles. The average molecular weight is 258 g/mol. The van der Waals surface area contributed by atoms with Gasteiger partial charge in [-0.15, -0.1) is 0 Å². The molecule has 98 valence electrons. The van der Waals surface area contributed by atoms with Crippen LogP contribution in [0.2, 0.25) is 0 Å². The van der Waals surface area contributed by atoms with E-state index in [0.29, 0.717) is 13.0 Å². The van der Waals surface area contributed by atoms with Crippen LogP contribution in [0.3, 0.4) is 0 Å². The topological polar surface area (TPSA) is 47.3 Å². The smallest absolute Gasteiger partial charge is 0.194 e. The van der Waals surface area contributed by atoms with Gasteiger partial charge in [0, 0.05) is 0 Å². The van der Waals surface area contributed by atoms with Gasteiger partial charge in [0.05, 0.1) is 18.9 Å². The highest BCUT2D eigenvalue weighted by molar-refractivity contribution is 5.29. The van der Waals surface area contributed by atoms with Crippen molar-refractivity contribution in [2.75, 3.05) is 6.61 Å². The highest BCUT2D eigenvalue weighted by atomic mass is 19.2. The van der Waals surface area contributed by atoms with Gasteiger partial charge in [0.2, 0.25) is 0 Å². The monoisotopic (exact) mass is 258 g/mol. The Balaban J connectivity index is 2.35. The fourth-order valence-electron chi connectivity index (χ4n) is 1.96. The number of benzene rings is 1. The Kier molecular flexibility index (Phi) is 3.88. The van der Waals surface area contributed by atoms with Crippen LogP contribution < -0.4 is 11.3 Å². The standard InChI is InChI=1S/C12H13F3N2O/c13-9-4-8(5-10(14)11(9)15)12(17-16)7-2-1-3-18-6-7/h4-6,12,17H,1-3,16H2. The number of nitrogens with one attached hydrogen (secondary N) is 1. The van der Waals surface area contributed by atoms with E-state index in [-0.39, 0.29) is 5.56 Å². The molecule has 6 heteroatoms. The summed E-state index contributed by atoms with van der Waals surface area (Å²) in [6.07, 6.45) is 3.03. The van der Waals surface area contributed by atoms with Crippen LogP contribution in [0, 0.1) is 17.5 Å². The van der Waals surface area contributed by atoms with Crippen LogP contribution in [0.5, 0.6) is 0 Å². The fourth-order valence-corrected chi connectivity index (χ4v) is 1.96. The Labute approximate surface area is 102 Å². The lowest BCUT2D eigenvalue weighted by Crippen LogP contribution is -2.30. The maximum absolute atomic E-state index is 13.2. The van der Waals surface area contributed by atoms with Gasteiger partial charge in [-0.3, -0.25) is 5.84 Å². The van der Waals surface area contributed by atoms with Gasteiger partial charge in [0.15, 0.2) is 17.5 Å². The second-order valence-electron chi connectivity index (χ2n) is 4.07. The zero-order chi connectivity index (χ0) is 13.1. The van der Waals surface area contributed by atoms with Gasteiger partial charge >= 0.3 is 0 Å². The highest BCUT2D eigenvalue weighted by Crippen LogP contribution is 2.28. The molecular formula is C12H13F3N2O. The van der Waals surface area contributed by atoms with Gasteiger partial charge in [0.25, 0.3) is 0 Å². The van der Waals surface area contributed by atoms with Gasteiger partial charge in [0.1, 0.15) is 0 Å². The second-order valence-corrected chi connectivity index (χ2v) is 4.07. The van der Waals surface area contributed by atoms with Gasteiger partial charge in [-0.1, -0.05) is 0 Å². The predicted molar refractivity (Wildman–Crippen MR) is 59.6 cm³/mol. The first-order valence-corrected chi connectivity index (χ1v) is 5.54. The largest absolute Gasteiger partial charge is 0.501 e. The summed E-state index contributed by atoms with van der Waals surface area (Å²) in [4.78, 5) is 0. The molecule has 1 aliphatic rings. The van der Waals surface area contributed by atoms with Crippen molar-refractivity contribution in [3.05, 3.63) is 47.0 Å². The summed E-state index contributed by atoms with van der Waals surface area (Å²) in [5, 5.41) is 0. The van der Waals surface area contributed by atoms with E-state index < -0.39 is 23.5 Å². The molecule has 1 aliphatic heterocycles. The Morgan fingerprint density at radius 1 is 1.22 bits per heavy atom. The third kappa shape index (κ3) is 2.49. The van der Waals surface area contributed by atoms with Crippen molar-refractivity contribution in [1.82, 2.24) is 5.43 Å². The molecule has 0 radical (unpaired) electrons. The molecule has 1 unspecified atom stereocenters. The van der Waals surface area contributed by atoms with Gasteiger partial charge in [-0.2, -0.15) is 0 Å². The fraction of sp³-hybridized carbons (Fsp3) is 0.333. The van der Waals surface area contributed by atoms with Gasteiger partial charge < -0.3 is 4.74 Å².